The molecular formula is C42H55Cl3N6O6. The lowest BCUT2D eigenvalue weighted by molar-refractivity contribution is 0.0203. The van der Waals surface area contributed by atoms with Gasteiger partial charge in [0.25, 0.3) is 0 Å². The van der Waals surface area contributed by atoms with Crippen LogP contribution >= 0.6 is 34.8 Å². The molecule has 4 aromatic rings. The maximum atomic E-state index is 12.1. The second-order valence-electron chi connectivity index (χ2n) is 15.7. The number of unbranched alkanes of at least 4 members (excludes halogenated alkanes) is 1. The fourth-order valence-electron chi connectivity index (χ4n) is 5.87. The molecule has 0 N–H and O–H groups in total. The summed E-state index contributed by atoms with van der Waals surface area (Å²) in [4.78, 5) is 44.2. The van der Waals surface area contributed by atoms with Gasteiger partial charge in [-0.25, -0.2) is 29.5 Å². The molecule has 2 aliphatic rings. The van der Waals surface area contributed by atoms with Gasteiger partial charge >= 0.3 is 12.2 Å². The first-order chi connectivity index (χ1) is 27.0. The van der Waals surface area contributed by atoms with Gasteiger partial charge in [0.05, 0.1) is 41.9 Å². The highest BCUT2D eigenvalue weighted by molar-refractivity contribution is 6.37. The number of ether oxygens (including phenoxy) is 4. The summed E-state index contributed by atoms with van der Waals surface area (Å²) < 4.78 is 22.3. The maximum absolute atomic E-state index is 12.1. The third-order valence-electron chi connectivity index (χ3n) is 8.54. The van der Waals surface area contributed by atoms with E-state index in [0.717, 1.165) is 55.0 Å². The Bertz CT molecular complexity index is 1940. The van der Waals surface area contributed by atoms with Crippen molar-refractivity contribution in [1.82, 2.24) is 29.7 Å². The van der Waals surface area contributed by atoms with Crippen molar-refractivity contribution in [2.75, 3.05) is 39.4 Å². The molecule has 6 rings (SSSR count). The molecule has 6 heterocycles. The number of likely N-dealkylation sites (tertiary alicyclic amines) is 2. The van der Waals surface area contributed by atoms with Gasteiger partial charge in [-0.05, 0) is 116 Å². The van der Waals surface area contributed by atoms with Crippen LogP contribution in [0.3, 0.4) is 0 Å². The van der Waals surface area contributed by atoms with Crippen LogP contribution in [0.15, 0.2) is 61.4 Å². The highest BCUT2D eigenvalue weighted by Crippen LogP contribution is 2.24. The Morgan fingerprint density at radius 2 is 1.28 bits per heavy atom. The predicted octanol–water partition coefficient (Wildman–Crippen LogP) is 10.2. The lowest BCUT2D eigenvalue weighted by Crippen LogP contribution is -2.36. The van der Waals surface area contributed by atoms with E-state index in [9.17, 15) is 9.59 Å². The molecule has 2 aliphatic heterocycles. The molecule has 0 saturated carbocycles. The molecule has 0 bridgehead atoms. The second kappa shape index (κ2) is 21.8. The Hall–Kier alpha value is -3.81. The van der Waals surface area contributed by atoms with Crippen LogP contribution in [0.25, 0.3) is 22.1 Å². The first kappa shape index (κ1) is 45.9. The largest absolute Gasteiger partial charge is 0.444 e. The summed E-state index contributed by atoms with van der Waals surface area (Å²) in [5.41, 5.74) is 1.32. The molecule has 0 radical (unpaired) electrons. The van der Waals surface area contributed by atoms with Crippen LogP contribution in [0.1, 0.15) is 79.3 Å². The fraction of sp³-hybridized carbons (Fsp3) is 0.524. The number of carbonyl (C=O) groups excluding carboxylic acids is 2. The fourth-order valence-corrected chi connectivity index (χ4v) is 6.64. The Morgan fingerprint density at radius 1 is 0.772 bits per heavy atom. The summed E-state index contributed by atoms with van der Waals surface area (Å²) in [6.45, 7) is 18.9. The Labute approximate surface area is 351 Å². The lowest BCUT2D eigenvalue weighted by atomic mass is 10.1. The van der Waals surface area contributed by atoms with Crippen molar-refractivity contribution in [1.29, 1.82) is 0 Å². The molecular weight excluding hydrogens is 791 g/mol. The van der Waals surface area contributed by atoms with E-state index >= 15 is 0 Å². The molecule has 0 unspecified atom stereocenters. The van der Waals surface area contributed by atoms with E-state index in [1.54, 1.807) is 28.3 Å². The summed E-state index contributed by atoms with van der Waals surface area (Å²) in [6.07, 6.45) is 10.3. The quantitative estimate of drug-likeness (QED) is 0.0864. The molecule has 57 heavy (non-hydrogen) atoms. The highest BCUT2D eigenvalue weighted by atomic mass is 35.5. The van der Waals surface area contributed by atoms with E-state index in [1.807, 2.05) is 78.0 Å². The van der Waals surface area contributed by atoms with Crippen LogP contribution in [-0.2, 0) is 25.4 Å². The van der Waals surface area contributed by atoms with Crippen molar-refractivity contribution in [3.05, 3.63) is 82.3 Å². The zero-order chi connectivity index (χ0) is 41.6. The highest BCUT2D eigenvalue weighted by Gasteiger charge is 2.31. The van der Waals surface area contributed by atoms with Gasteiger partial charge in [0.1, 0.15) is 16.4 Å². The Kier molecular flexibility index (Phi) is 17.6. The molecule has 0 aliphatic carbocycles. The number of nitrogens with zero attached hydrogens (tertiary/aromatic N) is 6. The number of aryl methyl sites for hydroxylation is 1. The molecule has 12 nitrogen and oxygen atoms in total. The van der Waals surface area contributed by atoms with Crippen LogP contribution in [0.5, 0.6) is 0 Å². The molecule has 4 aromatic heterocycles. The van der Waals surface area contributed by atoms with E-state index in [-0.39, 0.29) is 24.4 Å². The number of carbonyl (C=O) groups is 2. The number of rotatable bonds is 10. The SMILES string of the molecule is C=CCCO[C@@H]1CCN(C(=O)OC(C)(C)C)C1.CC(C)(C)OC(=O)N1CC[C@@H](OCCCCc2cc(Cl)c3cccnc3n2)C1.Clc1cc(Cl)c2cccnc2n1. The molecule has 15 heteroatoms. The van der Waals surface area contributed by atoms with Crippen LogP contribution < -0.4 is 0 Å². The first-order valence-corrected chi connectivity index (χ1v) is 20.4. The topological polar surface area (TPSA) is 129 Å². The van der Waals surface area contributed by atoms with E-state index in [0.29, 0.717) is 65.9 Å². The van der Waals surface area contributed by atoms with Gasteiger partial charge in [0.2, 0.25) is 0 Å². The number of hydrogen-bond acceptors (Lipinski definition) is 10. The first-order valence-electron chi connectivity index (χ1n) is 19.3. The van der Waals surface area contributed by atoms with Gasteiger partial charge in [-0.1, -0.05) is 40.9 Å². The third kappa shape index (κ3) is 15.8. The van der Waals surface area contributed by atoms with Crippen molar-refractivity contribution in [2.45, 2.75) is 103 Å². The van der Waals surface area contributed by atoms with Crippen LogP contribution in [-0.4, -0.2) is 105 Å². The van der Waals surface area contributed by atoms with Crippen molar-refractivity contribution >= 4 is 69.1 Å². The molecule has 2 fully saturated rings. The Morgan fingerprint density at radius 3 is 1.81 bits per heavy atom. The molecule has 2 saturated heterocycles. The average molecular weight is 846 g/mol. The lowest BCUT2D eigenvalue weighted by Gasteiger charge is -2.24. The number of hydrogen-bond donors (Lipinski definition) is 0. The van der Waals surface area contributed by atoms with Crippen molar-refractivity contribution in [2.24, 2.45) is 0 Å². The smallest absolute Gasteiger partial charge is 0.410 e. The van der Waals surface area contributed by atoms with Crippen LogP contribution in [0, 0.1) is 0 Å². The summed E-state index contributed by atoms with van der Waals surface area (Å²) in [7, 11) is 0. The monoisotopic (exact) mass is 844 g/mol. The van der Waals surface area contributed by atoms with Crippen LogP contribution in [0.2, 0.25) is 15.2 Å². The number of aromatic nitrogens is 4. The summed E-state index contributed by atoms with van der Waals surface area (Å²) in [6, 6.07) is 11.0. The number of fused-ring (bicyclic) bond motifs is 2. The normalized spacial score (nSPS) is 16.8. The maximum Gasteiger partial charge on any atom is 0.410 e. The van der Waals surface area contributed by atoms with Crippen molar-refractivity contribution in [3.63, 3.8) is 0 Å². The van der Waals surface area contributed by atoms with Gasteiger partial charge in [-0.3, -0.25) is 0 Å². The molecule has 2 amide bonds. The van der Waals surface area contributed by atoms with Gasteiger partial charge in [-0.15, -0.1) is 6.58 Å². The van der Waals surface area contributed by atoms with Crippen LogP contribution in [0.4, 0.5) is 9.59 Å². The van der Waals surface area contributed by atoms with Gasteiger partial charge < -0.3 is 28.7 Å². The number of pyridine rings is 4. The summed E-state index contributed by atoms with van der Waals surface area (Å²) in [5.74, 6) is 0. The summed E-state index contributed by atoms with van der Waals surface area (Å²) >= 11 is 17.9. The third-order valence-corrected chi connectivity index (χ3v) is 9.36. The van der Waals surface area contributed by atoms with Crippen molar-refractivity contribution < 1.29 is 28.5 Å². The predicted molar refractivity (Wildman–Crippen MR) is 226 cm³/mol. The summed E-state index contributed by atoms with van der Waals surface area (Å²) in [5, 5.41) is 3.34. The van der Waals surface area contributed by atoms with Crippen molar-refractivity contribution in [3.8, 4) is 0 Å². The van der Waals surface area contributed by atoms with E-state index in [2.05, 4.69) is 26.5 Å². The molecule has 2 atom stereocenters. The molecule has 310 valence electrons. The van der Waals surface area contributed by atoms with Gasteiger partial charge in [0, 0.05) is 48.6 Å². The number of halogens is 3. The zero-order valence-electron chi connectivity index (χ0n) is 33.8. The minimum atomic E-state index is -0.467. The van der Waals surface area contributed by atoms with Gasteiger partial charge in [-0.2, -0.15) is 0 Å². The molecule has 0 aromatic carbocycles. The zero-order valence-corrected chi connectivity index (χ0v) is 36.1. The van der Waals surface area contributed by atoms with E-state index < -0.39 is 11.2 Å². The minimum absolute atomic E-state index is 0.0879. The standard InChI is InChI=1S/C21H28ClN3O3.C13H23NO3.C8H4Cl2N2/c1-21(2,3)28-20(26)25-11-9-16(14-25)27-12-5-4-7-15-13-18(22)17-8-6-10-23-19(17)24-15;1-5-6-9-16-11-7-8-14(10-11)12(15)17-13(2,3)4;9-6-4-7(10)12-8-5(6)2-1-3-11-8/h6,8,10,13,16H,4-5,7,9,11-12,14H2,1-3H3;5,11H,1,6-10H2,2-4H3;1-4H/t16-;11-;/m11./s1. The van der Waals surface area contributed by atoms with E-state index in [4.69, 9.17) is 53.8 Å². The minimum Gasteiger partial charge on any atom is -0.444 e. The number of amides is 2. The second-order valence-corrected chi connectivity index (χ2v) is 16.9. The van der Waals surface area contributed by atoms with E-state index in [1.165, 1.54) is 0 Å². The Balaban J connectivity index is 0.000000210. The molecule has 0 spiro atoms. The van der Waals surface area contributed by atoms with Gasteiger partial charge in [0.15, 0.2) is 11.3 Å². The average Bonchev–Trinajstić information content (AvgIpc) is 3.82.